The van der Waals surface area contributed by atoms with Crippen LogP contribution in [-0.4, -0.2) is 22.7 Å². The highest BCUT2D eigenvalue weighted by molar-refractivity contribution is 5.83. The van der Waals surface area contributed by atoms with Crippen LogP contribution in [0, 0.1) is 0 Å². The van der Waals surface area contributed by atoms with Gasteiger partial charge in [0.2, 0.25) is 0 Å². The van der Waals surface area contributed by atoms with E-state index in [4.69, 9.17) is 4.74 Å². The van der Waals surface area contributed by atoms with Gasteiger partial charge in [-0.05, 0) is 12.5 Å². The zero-order valence-corrected chi connectivity index (χ0v) is 8.45. The summed E-state index contributed by atoms with van der Waals surface area (Å²) in [7, 11) is 0. The summed E-state index contributed by atoms with van der Waals surface area (Å²) in [6.07, 6.45) is 2.51. The Morgan fingerprint density at radius 3 is 3.13 bits per heavy atom. The van der Waals surface area contributed by atoms with E-state index < -0.39 is 11.8 Å². The lowest BCUT2D eigenvalue weighted by atomic mass is 10.4. The number of nitrogens with zero attached hydrogens (tertiary/aromatic N) is 1. The SMILES string of the molecule is CCCCOC(=O)Nc1ccnc(=O)[nH]1. The Balaban J connectivity index is 2.41. The number of unbranched alkanes of at least 4 members (excludes halogenated alkanes) is 1. The van der Waals surface area contributed by atoms with Crippen molar-refractivity contribution in [1.82, 2.24) is 9.97 Å². The van der Waals surface area contributed by atoms with Crippen LogP contribution in [0.2, 0.25) is 0 Å². The van der Waals surface area contributed by atoms with E-state index in [-0.39, 0.29) is 5.82 Å². The van der Waals surface area contributed by atoms with Crippen molar-refractivity contribution in [2.75, 3.05) is 11.9 Å². The molecular formula is C9H13N3O3. The van der Waals surface area contributed by atoms with Crippen molar-refractivity contribution in [2.24, 2.45) is 0 Å². The van der Waals surface area contributed by atoms with E-state index in [1.54, 1.807) is 0 Å². The molecule has 0 aliphatic heterocycles. The molecule has 0 spiro atoms. The van der Waals surface area contributed by atoms with Gasteiger partial charge in [-0.3, -0.25) is 10.3 Å². The van der Waals surface area contributed by atoms with Crippen LogP contribution in [0.4, 0.5) is 10.6 Å². The van der Waals surface area contributed by atoms with Crippen LogP contribution >= 0.6 is 0 Å². The van der Waals surface area contributed by atoms with E-state index in [0.717, 1.165) is 12.8 Å². The number of amides is 1. The lowest BCUT2D eigenvalue weighted by Gasteiger charge is -2.05. The maximum Gasteiger partial charge on any atom is 0.412 e. The van der Waals surface area contributed by atoms with Gasteiger partial charge in [0.25, 0.3) is 0 Å². The van der Waals surface area contributed by atoms with Gasteiger partial charge in [-0.25, -0.2) is 14.6 Å². The Hall–Kier alpha value is -1.85. The molecule has 0 saturated carbocycles. The maximum absolute atomic E-state index is 11.1. The smallest absolute Gasteiger partial charge is 0.412 e. The van der Waals surface area contributed by atoms with E-state index in [1.165, 1.54) is 12.3 Å². The summed E-state index contributed by atoms with van der Waals surface area (Å²) in [5, 5.41) is 2.38. The molecule has 1 amide bonds. The monoisotopic (exact) mass is 211 g/mol. The highest BCUT2D eigenvalue weighted by Crippen LogP contribution is 1.97. The number of hydrogen-bond donors (Lipinski definition) is 2. The van der Waals surface area contributed by atoms with Gasteiger partial charge in [-0.1, -0.05) is 13.3 Å². The largest absolute Gasteiger partial charge is 0.449 e. The molecule has 1 rings (SSSR count). The van der Waals surface area contributed by atoms with Gasteiger partial charge in [-0.15, -0.1) is 0 Å². The zero-order valence-electron chi connectivity index (χ0n) is 8.45. The number of carbonyl (C=O) groups is 1. The maximum atomic E-state index is 11.1. The van der Waals surface area contributed by atoms with Crippen molar-refractivity contribution in [3.8, 4) is 0 Å². The van der Waals surface area contributed by atoms with Crippen LogP contribution in [0.15, 0.2) is 17.1 Å². The van der Waals surface area contributed by atoms with E-state index in [1.807, 2.05) is 6.92 Å². The van der Waals surface area contributed by atoms with Gasteiger partial charge in [0, 0.05) is 6.20 Å². The molecule has 0 aliphatic rings. The van der Waals surface area contributed by atoms with Gasteiger partial charge in [-0.2, -0.15) is 0 Å². The molecular weight excluding hydrogens is 198 g/mol. The lowest BCUT2D eigenvalue weighted by molar-refractivity contribution is 0.160. The molecule has 0 fully saturated rings. The first-order valence-corrected chi connectivity index (χ1v) is 4.71. The van der Waals surface area contributed by atoms with Crippen molar-refractivity contribution in [1.29, 1.82) is 0 Å². The molecule has 0 saturated heterocycles. The van der Waals surface area contributed by atoms with Crippen molar-refractivity contribution < 1.29 is 9.53 Å². The molecule has 6 nitrogen and oxygen atoms in total. The zero-order chi connectivity index (χ0) is 11.1. The van der Waals surface area contributed by atoms with E-state index in [0.29, 0.717) is 6.61 Å². The van der Waals surface area contributed by atoms with Gasteiger partial charge in [0.1, 0.15) is 5.82 Å². The number of ether oxygens (including phenoxy) is 1. The average Bonchev–Trinajstić information content (AvgIpc) is 2.18. The highest BCUT2D eigenvalue weighted by Gasteiger charge is 2.02. The first kappa shape index (κ1) is 11.2. The Morgan fingerprint density at radius 1 is 1.67 bits per heavy atom. The minimum atomic E-state index is -0.578. The standard InChI is InChI=1S/C9H13N3O3/c1-2-3-6-15-9(14)12-7-4-5-10-8(13)11-7/h4-5H,2-3,6H2,1H3,(H2,10,11,12,13,14). The molecule has 0 atom stereocenters. The van der Waals surface area contributed by atoms with Crippen LogP contribution < -0.4 is 11.0 Å². The van der Waals surface area contributed by atoms with Crippen molar-refractivity contribution in [2.45, 2.75) is 19.8 Å². The fourth-order valence-electron chi connectivity index (χ4n) is 0.897. The fourth-order valence-corrected chi connectivity index (χ4v) is 0.897. The Labute approximate surface area is 86.7 Å². The second-order valence-corrected chi connectivity index (χ2v) is 2.90. The van der Waals surface area contributed by atoms with E-state index in [2.05, 4.69) is 15.3 Å². The summed E-state index contributed by atoms with van der Waals surface area (Å²) in [6.45, 7) is 2.37. The van der Waals surface area contributed by atoms with Crippen LogP contribution in [0.25, 0.3) is 0 Å². The van der Waals surface area contributed by atoms with Crippen LogP contribution in [0.3, 0.4) is 0 Å². The molecule has 2 N–H and O–H groups in total. The third-order valence-electron chi connectivity index (χ3n) is 1.64. The van der Waals surface area contributed by atoms with Gasteiger partial charge in [0.15, 0.2) is 0 Å². The summed E-state index contributed by atoms with van der Waals surface area (Å²) in [6, 6.07) is 1.47. The average molecular weight is 211 g/mol. The highest BCUT2D eigenvalue weighted by atomic mass is 16.5. The van der Waals surface area contributed by atoms with Crippen molar-refractivity contribution >= 4 is 11.9 Å². The first-order chi connectivity index (χ1) is 7.22. The van der Waals surface area contributed by atoms with Gasteiger partial charge < -0.3 is 4.74 Å². The second-order valence-electron chi connectivity index (χ2n) is 2.90. The van der Waals surface area contributed by atoms with Gasteiger partial charge >= 0.3 is 11.8 Å². The molecule has 1 heterocycles. The van der Waals surface area contributed by atoms with Gasteiger partial charge in [0.05, 0.1) is 6.61 Å². The number of rotatable bonds is 4. The fraction of sp³-hybridized carbons (Fsp3) is 0.444. The molecule has 15 heavy (non-hydrogen) atoms. The van der Waals surface area contributed by atoms with Crippen LogP contribution in [0.5, 0.6) is 0 Å². The number of aromatic nitrogens is 2. The van der Waals surface area contributed by atoms with Crippen molar-refractivity contribution in [3.05, 3.63) is 22.7 Å². The van der Waals surface area contributed by atoms with Crippen molar-refractivity contribution in [3.63, 3.8) is 0 Å². The molecule has 82 valence electrons. The third kappa shape index (κ3) is 4.26. The Bertz CT molecular complexity index is 375. The predicted octanol–water partition coefficient (Wildman–Crippen LogP) is 1.12. The van der Waals surface area contributed by atoms with E-state index in [9.17, 15) is 9.59 Å². The molecule has 0 unspecified atom stereocenters. The molecule has 0 aliphatic carbocycles. The molecule has 1 aromatic heterocycles. The quantitative estimate of drug-likeness (QED) is 0.731. The third-order valence-corrected chi connectivity index (χ3v) is 1.64. The molecule has 0 radical (unpaired) electrons. The predicted molar refractivity (Wildman–Crippen MR) is 54.7 cm³/mol. The van der Waals surface area contributed by atoms with E-state index >= 15 is 0 Å². The Kier molecular flexibility index (Phi) is 4.33. The molecule has 6 heteroatoms. The number of anilines is 1. The summed E-state index contributed by atoms with van der Waals surface area (Å²) in [4.78, 5) is 27.7. The number of H-pyrrole nitrogens is 1. The van der Waals surface area contributed by atoms with Crippen LogP contribution in [0.1, 0.15) is 19.8 Å². The summed E-state index contributed by atoms with van der Waals surface area (Å²) < 4.78 is 4.83. The number of aromatic amines is 1. The number of carbonyl (C=O) groups excluding carboxylic acids is 1. The minimum absolute atomic E-state index is 0.275. The minimum Gasteiger partial charge on any atom is -0.449 e. The molecule has 1 aromatic rings. The first-order valence-electron chi connectivity index (χ1n) is 4.71. The molecule has 0 bridgehead atoms. The summed E-state index contributed by atoms with van der Waals surface area (Å²) in [5.74, 6) is 0.275. The molecule has 0 aromatic carbocycles. The number of hydrogen-bond acceptors (Lipinski definition) is 4. The Morgan fingerprint density at radius 2 is 2.47 bits per heavy atom. The normalized spacial score (nSPS) is 9.67. The summed E-state index contributed by atoms with van der Waals surface area (Å²) in [5.41, 5.74) is -0.513. The second kappa shape index (κ2) is 5.79. The summed E-state index contributed by atoms with van der Waals surface area (Å²) >= 11 is 0. The topological polar surface area (TPSA) is 84.1 Å². The van der Waals surface area contributed by atoms with Crippen LogP contribution in [-0.2, 0) is 4.74 Å². The lowest BCUT2D eigenvalue weighted by Crippen LogP contribution is -2.18. The number of nitrogens with one attached hydrogen (secondary N) is 2.